The van der Waals surface area contributed by atoms with Crippen molar-refractivity contribution < 1.29 is 22.5 Å². The second-order valence-corrected chi connectivity index (χ2v) is 5.25. The molecule has 0 fully saturated rings. The maximum atomic E-state index is 10.9. The molecule has 5 nitrogen and oxygen atoms in total. The molecule has 1 rings (SSSR count). The highest BCUT2D eigenvalue weighted by Gasteiger charge is 2.22. The quantitative estimate of drug-likeness (QED) is 0.771. The largest absolute Gasteiger partial charge is 0.479 e. The first-order chi connectivity index (χ1) is 7.88. The molecule has 1 atom stereocenters. The van der Waals surface area contributed by atoms with Crippen LogP contribution < -0.4 is 0 Å². The van der Waals surface area contributed by atoms with Crippen LogP contribution in [0.3, 0.4) is 0 Å². The third-order valence-corrected chi connectivity index (χ3v) is 2.69. The lowest BCUT2D eigenvalue weighted by Crippen LogP contribution is -2.27. The summed E-state index contributed by atoms with van der Waals surface area (Å²) >= 11 is 0. The van der Waals surface area contributed by atoms with Gasteiger partial charge in [-0.3, -0.25) is 4.18 Å². The fraction of sp³-hybridized carbons (Fsp3) is 0.364. The molecule has 0 saturated heterocycles. The molecule has 6 heteroatoms. The fourth-order valence-electron chi connectivity index (χ4n) is 1.37. The van der Waals surface area contributed by atoms with E-state index in [-0.39, 0.29) is 6.42 Å². The average Bonchev–Trinajstić information content (AvgIpc) is 2.24. The topological polar surface area (TPSA) is 80.7 Å². The molecule has 0 saturated carbocycles. The van der Waals surface area contributed by atoms with Crippen LogP contribution in [0.25, 0.3) is 0 Å². The first kappa shape index (κ1) is 13.7. The van der Waals surface area contributed by atoms with Gasteiger partial charge in [-0.05, 0) is 18.4 Å². The number of carboxylic acid groups (broad SMARTS) is 1. The van der Waals surface area contributed by atoms with E-state index >= 15 is 0 Å². The summed E-state index contributed by atoms with van der Waals surface area (Å²) in [6, 6.07) is 9.22. The van der Waals surface area contributed by atoms with E-state index in [4.69, 9.17) is 5.11 Å². The standard InChI is InChI=1S/C11H14O5S/c1-17(14,15)16-10(11(12)13)8-7-9-5-3-2-4-6-9/h2-6,10H,7-8H2,1H3,(H,12,13). The molecule has 17 heavy (non-hydrogen) atoms. The molecular weight excluding hydrogens is 244 g/mol. The molecule has 0 aromatic heterocycles. The Labute approximate surface area is 100 Å². The zero-order valence-electron chi connectivity index (χ0n) is 9.37. The maximum Gasteiger partial charge on any atom is 0.334 e. The third-order valence-electron chi connectivity index (χ3n) is 2.10. The number of rotatable bonds is 6. The van der Waals surface area contributed by atoms with E-state index in [2.05, 4.69) is 4.18 Å². The Morgan fingerprint density at radius 1 is 1.35 bits per heavy atom. The van der Waals surface area contributed by atoms with Gasteiger partial charge in [-0.1, -0.05) is 30.3 Å². The van der Waals surface area contributed by atoms with Crippen molar-refractivity contribution >= 4 is 16.1 Å². The first-order valence-electron chi connectivity index (χ1n) is 5.03. The van der Waals surface area contributed by atoms with E-state index in [9.17, 15) is 13.2 Å². The Morgan fingerprint density at radius 3 is 2.41 bits per heavy atom. The molecule has 0 radical (unpaired) electrons. The van der Waals surface area contributed by atoms with Crippen molar-refractivity contribution in [2.75, 3.05) is 6.26 Å². The van der Waals surface area contributed by atoms with Crippen molar-refractivity contribution in [2.45, 2.75) is 18.9 Å². The molecule has 0 heterocycles. The number of aryl methyl sites for hydroxylation is 1. The van der Waals surface area contributed by atoms with Crippen molar-refractivity contribution in [2.24, 2.45) is 0 Å². The van der Waals surface area contributed by atoms with Crippen LogP contribution in [0.1, 0.15) is 12.0 Å². The van der Waals surface area contributed by atoms with Gasteiger partial charge in [0.25, 0.3) is 10.1 Å². The summed E-state index contributed by atoms with van der Waals surface area (Å²) in [6.45, 7) is 0. The van der Waals surface area contributed by atoms with Gasteiger partial charge in [0.15, 0.2) is 6.10 Å². The maximum absolute atomic E-state index is 10.9. The summed E-state index contributed by atoms with van der Waals surface area (Å²) in [5.74, 6) is -1.27. The molecule has 0 aliphatic rings. The Bertz CT molecular complexity index is 466. The van der Waals surface area contributed by atoms with Crippen LogP contribution in [0, 0.1) is 0 Å². The minimum atomic E-state index is -3.75. The molecular formula is C11H14O5S. The predicted octanol–water partition coefficient (Wildman–Crippen LogP) is 1.05. The molecule has 1 unspecified atom stereocenters. The lowest BCUT2D eigenvalue weighted by molar-refractivity contribution is -0.145. The Balaban J connectivity index is 2.60. The highest BCUT2D eigenvalue weighted by atomic mass is 32.2. The van der Waals surface area contributed by atoms with Gasteiger partial charge < -0.3 is 5.11 Å². The highest BCUT2D eigenvalue weighted by Crippen LogP contribution is 2.09. The van der Waals surface area contributed by atoms with E-state index < -0.39 is 22.2 Å². The summed E-state index contributed by atoms with van der Waals surface area (Å²) in [7, 11) is -3.75. The molecule has 1 aromatic carbocycles. The lowest BCUT2D eigenvalue weighted by Gasteiger charge is -2.11. The smallest absolute Gasteiger partial charge is 0.334 e. The number of hydrogen-bond donors (Lipinski definition) is 1. The third kappa shape index (κ3) is 5.46. The highest BCUT2D eigenvalue weighted by molar-refractivity contribution is 7.86. The van der Waals surface area contributed by atoms with Gasteiger partial charge in [-0.25, -0.2) is 4.79 Å². The predicted molar refractivity (Wildman–Crippen MR) is 62.1 cm³/mol. The monoisotopic (exact) mass is 258 g/mol. The SMILES string of the molecule is CS(=O)(=O)OC(CCc1ccccc1)C(=O)O. The van der Waals surface area contributed by atoms with Crippen molar-refractivity contribution in [3.63, 3.8) is 0 Å². The molecule has 0 aliphatic carbocycles. The Morgan fingerprint density at radius 2 is 1.94 bits per heavy atom. The van der Waals surface area contributed by atoms with E-state index in [0.29, 0.717) is 6.42 Å². The summed E-state index contributed by atoms with van der Waals surface area (Å²) in [6.07, 6.45) is 0.0794. The van der Waals surface area contributed by atoms with Gasteiger partial charge in [0.05, 0.1) is 6.26 Å². The first-order valence-corrected chi connectivity index (χ1v) is 6.85. The van der Waals surface area contributed by atoms with Crippen molar-refractivity contribution in [1.29, 1.82) is 0 Å². The summed E-state index contributed by atoms with van der Waals surface area (Å²) in [5.41, 5.74) is 0.941. The summed E-state index contributed by atoms with van der Waals surface area (Å²) in [4.78, 5) is 10.8. The minimum Gasteiger partial charge on any atom is -0.479 e. The van der Waals surface area contributed by atoms with E-state index in [1.807, 2.05) is 30.3 Å². The van der Waals surface area contributed by atoms with Crippen molar-refractivity contribution in [1.82, 2.24) is 0 Å². The van der Waals surface area contributed by atoms with Gasteiger partial charge >= 0.3 is 5.97 Å². The molecule has 0 bridgehead atoms. The van der Waals surface area contributed by atoms with Gasteiger partial charge in [-0.2, -0.15) is 8.42 Å². The summed E-state index contributed by atoms with van der Waals surface area (Å²) in [5, 5.41) is 8.83. The van der Waals surface area contributed by atoms with Crippen LogP contribution in [0.2, 0.25) is 0 Å². The Kier molecular flexibility index (Phi) is 4.65. The number of benzene rings is 1. The summed E-state index contributed by atoms with van der Waals surface area (Å²) < 4.78 is 26.2. The van der Waals surface area contributed by atoms with Crippen molar-refractivity contribution in [3.8, 4) is 0 Å². The van der Waals surface area contributed by atoms with E-state index in [1.54, 1.807) is 0 Å². The van der Waals surface area contributed by atoms with Crippen LogP contribution >= 0.6 is 0 Å². The van der Waals surface area contributed by atoms with E-state index in [1.165, 1.54) is 0 Å². The van der Waals surface area contributed by atoms with Crippen LogP contribution in [-0.4, -0.2) is 31.9 Å². The molecule has 94 valence electrons. The Hall–Kier alpha value is -1.40. The van der Waals surface area contributed by atoms with Gasteiger partial charge in [-0.15, -0.1) is 0 Å². The van der Waals surface area contributed by atoms with Crippen LogP contribution in [0.5, 0.6) is 0 Å². The van der Waals surface area contributed by atoms with Gasteiger partial charge in [0.2, 0.25) is 0 Å². The van der Waals surface area contributed by atoms with Gasteiger partial charge in [0, 0.05) is 0 Å². The second-order valence-electron chi connectivity index (χ2n) is 3.65. The van der Waals surface area contributed by atoms with Crippen LogP contribution in [-0.2, 0) is 25.5 Å². The number of carboxylic acids is 1. The lowest BCUT2D eigenvalue weighted by atomic mass is 10.1. The van der Waals surface area contributed by atoms with Crippen molar-refractivity contribution in [3.05, 3.63) is 35.9 Å². The fourth-order valence-corrected chi connectivity index (χ4v) is 1.97. The number of carbonyl (C=O) groups is 1. The zero-order chi connectivity index (χ0) is 12.9. The zero-order valence-corrected chi connectivity index (χ0v) is 10.2. The van der Waals surface area contributed by atoms with Crippen LogP contribution in [0.4, 0.5) is 0 Å². The van der Waals surface area contributed by atoms with Crippen LogP contribution in [0.15, 0.2) is 30.3 Å². The molecule has 1 N–H and O–H groups in total. The average molecular weight is 258 g/mol. The minimum absolute atomic E-state index is 0.117. The number of hydrogen-bond acceptors (Lipinski definition) is 4. The molecule has 0 aliphatic heterocycles. The normalized spacial score (nSPS) is 13.2. The van der Waals surface area contributed by atoms with E-state index in [0.717, 1.165) is 11.8 Å². The van der Waals surface area contributed by atoms with Gasteiger partial charge in [0.1, 0.15) is 0 Å². The molecule has 0 amide bonds. The number of aliphatic carboxylic acids is 1. The second kappa shape index (κ2) is 5.79. The molecule has 0 spiro atoms. The molecule has 1 aromatic rings.